The third kappa shape index (κ3) is 8.26. The Bertz CT molecular complexity index is 206. The molecular formula is C18H40N2. The molecule has 2 rings (SSSR count). The van der Waals surface area contributed by atoms with Crippen LogP contribution in [0.25, 0.3) is 0 Å². The predicted molar refractivity (Wildman–Crippen MR) is 92.4 cm³/mol. The van der Waals surface area contributed by atoms with Gasteiger partial charge in [-0.3, -0.25) is 0 Å². The van der Waals surface area contributed by atoms with Crippen molar-refractivity contribution in [1.29, 1.82) is 0 Å². The van der Waals surface area contributed by atoms with Crippen molar-refractivity contribution in [2.45, 2.75) is 67.2 Å². The van der Waals surface area contributed by atoms with E-state index in [9.17, 15) is 0 Å². The Kier molecular flexibility index (Phi) is 10.6. The molecule has 0 aromatic carbocycles. The molecule has 0 spiro atoms. The third-order valence-electron chi connectivity index (χ3n) is 4.59. The van der Waals surface area contributed by atoms with Crippen LogP contribution in [0.3, 0.4) is 0 Å². The van der Waals surface area contributed by atoms with E-state index in [1.54, 1.807) is 0 Å². The van der Waals surface area contributed by atoms with Crippen LogP contribution < -0.4 is 0 Å². The molecule has 20 heavy (non-hydrogen) atoms. The van der Waals surface area contributed by atoms with E-state index in [4.69, 9.17) is 0 Å². The Morgan fingerprint density at radius 1 is 0.900 bits per heavy atom. The predicted octanol–water partition coefficient (Wildman–Crippen LogP) is 4.50. The van der Waals surface area contributed by atoms with E-state index in [0.717, 1.165) is 5.92 Å². The molecule has 0 unspecified atom stereocenters. The zero-order chi connectivity index (χ0) is 15.6. The van der Waals surface area contributed by atoms with Crippen LogP contribution in [0.4, 0.5) is 0 Å². The van der Waals surface area contributed by atoms with Crippen molar-refractivity contribution in [2.24, 2.45) is 11.3 Å². The maximum Gasteiger partial charge on any atom is -0.00184 e. The average molecular weight is 285 g/mol. The smallest absolute Gasteiger partial charge is 0.00184 e. The van der Waals surface area contributed by atoms with E-state index in [2.05, 4.69) is 44.5 Å². The SMILES string of the molecule is CC.CCN1CCCC1.CN1CCC(C(C)(C)C)CC1. The van der Waals surface area contributed by atoms with Crippen LogP contribution in [-0.4, -0.2) is 49.6 Å². The lowest BCUT2D eigenvalue weighted by Gasteiger charge is -2.37. The lowest BCUT2D eigenvalue weighted by atomic mass is 9.75. The zero-order valence-electron chi connectivity index (χ0n) is 15.3. The molecule has 2 aliphatic rings. The maximum atomic E-state index is 2.49. The minimum absolute atomic E-state index is 0.529. The molecule has 0 bridgehead atoms. The fourth-order valence-electron chi connectivity index (χ4n) is 2.97. The highest BCUT2D eigenvalue weighted by molar-refractivity contribution is 4.79. The molecule has 0 amide bonds. The van der Waals surface area contributed by atoms with Gasteiger partial charge in [-0.15, -0.1) is 0 Å². The molecule has 2 heterocycles. The zero-order valence-corrected chi connectivity index (χ0v) is 15.3. The molecule has 0 aliphatic carbocycles. The molecule has 0 atom stereocenters. The van der Waals surface area contributed by atoms with Crippen LogP contribution in [-0.2, 0) is 0 Å². The van der Waals surface area contributed by atoms with Crippen molar-refractivity contribution in [3.8, 4) is 0 Å². The molecule has 0 aromatic heterocycles. The van der Waals surface area contributed by atoms with Gasteiger partial charge in [0.2, 0.25) is 0 Å². The van der Waals surface area contributed by atoms with Gasteiger partial charge in [-0.1, -0.05) is 41.5 Å². The second kappa shape index (κ2) is 10.6. The normalized spacial score (nSPS) is 21.8. The van der Waals surface area contributed by atoms with Crippen LogP contribution in [0.1, 0.15) is 67.2 Å². The molecular weight excluding hydrogens is 244 g/mol. The first kappa shape index (κ1) is 19.9. The number of hydrogen-bond acceptors (Lipinski definition) is 2. The highest BCUT2D eigenvalue weighted by atomic mass is 15.1. The van der Waals surface area contributed by atoms with Crippen molar-refractivity contribution in [3.63, 3.8) is 0 Å². The van der Waals surface area contributed by atoms with Gasteiger partial charge in [-0.05, 0) is 76.8 Å². The fraction of sp³-hybridized carbons (Fsp3) is 1.00. The molecule has 122 valence electrons. The lowest BCUT2D eigenvalue weighted by molar-refractivity contribution is 0.129. The summed E-state index contributed by atoms with van der Waals surface area (Å²) in [6.45, 7) is 19.8. The summed E-state index contributed by atoms with van der Waals surface area (Å²) in [6, 6.07) is 0. The standard InChI is InChI=1S/C10H21N.C6H13N.C2H6/c1-10(2,3)9-5-7-11(4)8-6-9;1-2-7-5-3-4-6-7;1-2/h9H,5-8H2,1-4H3;2-6H2,1H3;1-2H3. The van der Waals surface area contributed by atoms with E-state index in [-0.39, 0.29) is 0 Å². The molecule has 0 radical (unpaired) electrons. The number of rotatable bonds is 1. The van der Waals surface area contributed by atoms with E-state index >= 15 is 0 Å². The number of likely N-dealkylation sites (tertiary alicyclic amines) is 2. The summed E-state index contributed by atoms with van der Waals surface area (Å²) in [5.41, 5.74) is 0.529. The number of nitrogens with zero attached hydrogens (tertiary/aromatic N) is 2. The Hall–Kier alpha value is -0.0800. The van der Waals surface area contributed by atoms with E-state index < -0.39 is 0 Å². The second-order valence-electron chi connectivity index (χ2n) is 7.08. The maximum absolute atomic E-state index is 2.49. The molecule has 0 saturated carbocycles. The second-order valence-corrected chi connectivity index (χ2v) is 7.08. The molecule has 0 aromatic rings. The summed E-state index contributed by atoms with van der Waals surface area (Å²) in [7, 11) is 2.22. The van der Waals surface area contributed by atoms with Gasteiger partial charge in [0, 0.05) is 0 Å². The van der Waals surface area contributed by atoms with Crippen LogP contribution in [0.5, 0.6) is 0 Å². The first-order valence-electron chi connectivity index (χ1n) is 8.84. The quantitative estimate of drug-likeness (QED) is 0.699. The molecule has 2 fully saturated rings. The minimum atomic E-state index is 0.529. The van der Waals surface area contributed by atoms with Gasteiger partial charge in [0.1, 0.15) is 0 Å². The van der Waals surface area contributed by atoms with Crippen molar-refractivity contribution in [1.82, 2.24) is 9.80 Å². The third-order valence-corrected chi connectivity index (χ3v) is 4.59. The first-order valence-corrected chi connectivity index (χ1v) is 8.84. The van der Waals surface area contributed by atoms with Gasteiger partial charge in [-0.2, -0.15) is 0 Å². The highest BCUT2D eigenvalue weighted by Gasteiger charge is 2.27. The van der Waals surface area contributed by atoms with Crippen molar-refractivity contribution in [3.05, 3.63) is 0 Å². The van der Waals surface area contributed by atoms with Crippen molar-refractivity contribution >= 4 is 0 Å². The molecule has 0 N–H and O–H groups in total. The van der Waals surface area contributed by atoms with Gasteiger partial charge in [0.15, 0.2) is 0 Å². The molecule has 2 heteroatoms. The number of piperidine rings is 1. The Labute approximate surface area is 128 Å². The summed E-state index contributed by atoms with van der Waals surface area (Å²) in [6.07, 6.45) is 5.63. The summed E-state index contributed by atoms with van der Waals surface area (Å²) in [4.78, 5) is 4.92. The van der Waals surface area contributed by atoms with Crippen LogP contribution in [0, 0.1) is 11.3 Å². The van der Waals surface area contributed by atoms with Gasteiger partial charge >= 0.3 is 0 Å². The van der Waals surface area contributed by atoms with E-state index in [0.29, 0.717) is 5.41 Å². The van der Waals surface area contributed by atoms with E-state index in [1.807, 2.05) is 13.8 Å². The van der Waals surface area contributed by atoms with Gasteiger partial charge in [0.05, 0.1) is 0 Å². The van der Waals surface area contributed by atoms with Gasteiger partial charge in [-0.25, -0.2) is 0 Å². The first-order chi connectivity index (χ1) is 9.43. The molecule has 2 aliphatic heterocycles. The van der Waals surface area contributed by atoms with Crippen molar-refractivity contribution in [2.75, 3.05) is 39.8 Å². The van der Waals surface area contributed by atoms with Gasteiger partial charge < -0.3 is 9.80 Å². The van der Waals surface area contributed by atoms with Crippen molar-refractivity contribution < 1.29 is 0 Å². The number of hydrogen-bond donors (Lipinski definition) is 0. The summed E-state index contributed by atoms with van der Waals surface area (Å²) < 4.78 is 0. The Balaban J connectivity index is 0.000000345. The Morgan fingerprint density at radius 2 is 1.35 bits per heavy atom. The van der Waals surface area contributed by atoms with Crippen LogP contribution >= 0.6 is 0 Å². The Morgan fingerprint density at radius 3 is 1.65 bits per heavy atom. The minimum Gasteiger partial charge on any atom is -0.306 e. The summed E-state index contributed by atoms with van der Waals surface area (Å²) in [5.74, 6) is 0.943. The summed E-state index contributed by atoms with van der Waals surface area (Å²) >= 11 is 0. The average Bonchev–Trinajstić information content (AvgIpc) is 2.94. The van der Waals surface area contributed by atoms with Crippen LogP contribution in [0.15, 0.2) is 0 Å². The fourth-order valence-corrected chi connectivity index (χ4v) is 2.97. The monoisotopic (exact) mass is 284 g/mol. The van der Waals surface area contributed by atoms with Gasteiger partial charge in [0.25, 0.3) is 0 Å². The summed E-state index contributed by atoms with van der Waals surface area (Å²) in [5, 5.41) is 0. The topological polar surface area (TPSA) is 6.48 Å². The molecule has 2 nitrogen and oxygen atoms in total. The highest BCUT2D eigenvalue weighted by Crippen LogP contribution is 2.33. The largest absolute Gasteiger partial charge is 0.306 e. The molecule has 2 saturated heterocycles. The van der Waals surface area contributed by atoms with E-state index in [1.165, 1.54) is 58.4 Å². The van der Waals surface area contributed by atoms with Crippen LogP contribution in [0.2, 0.25) is 0 Å². The lowest BCUT2D eigenvalue weighted by Crippen LogP contribution is -2.35.